The predicted octanol–water partition coefficient (Wildman–Crippen LogP) is 12.8. The predicted molar refractivity (Wildman–Crippen MR) is 345 cm³/mol. The van der Waals surface area contributed by atoms with Gasteiger partial charge in [0, 0.05) is 55.1 Å². The number of benzene rings is 7. The Morgan fingerprint density at radius 2 is 0.879 bits per heavy atom. The van der Waals surface area contributed by atoms with E-state index in [-0.39, 0.29) is 17.5 Å². The standard InChI is InChI=1S/C33H31FN6O.C22H20ClFN4O.C17H17FN2O/c34-28-12-14-29(15-13-28)41-22-6-17-39-30-9-4-5-10-31(30)40(33(39)35)25-27-11-16-32(36-23-27)38-20-18-37(19-21-38)24-26-7-2-1-3-8-26;23-21-11-6-16(14-26-21)15-28-20-5-2-1-4-19(20)27(22(28)25)12-3-13-29-18-9-7-17(24)8-10-18;18-14-6-8-15(9-7-14)21-11-3-10-20-16-5-2-1-4-13(16)12-17(20)19/h1-5,7-16,18-21,23,35H,6,17,22,24-25H2;1-2,4-11,14,25H,3,12-13,15H2;1-2,4-9,19H,3,10-12H2/q+2;;. The lowest BCUT2D eigenvalue weighted by Gasteiger charge is -2.19. The molecule has 0 atom stereocenters. The van der Waals surface area contributed by atoms with Crippen LogP contribution in [-0.4, -0.2) is 60.4 Å². The molecule has 0 saturated carbocycles. The number of halogens is 4. The highest BCUT2D eigenvalue weighted by Crippen LogP contribution is 2.29. The minimum Gasteiger partial charge on any atom is -0.494 e. The summed E-state index contributed by atoms with van der Waals surface area (Å²) in [5.74, 6) is 2.60. The van der Waals surface area contributed by atoms with Gasteiger partial charge in [-0.05, 0) is 151 Å². The van der Waals surface area contributed by atoms with Crippen LogP contribution < -0.4 is 39.5 Å². The molecule has 0 aliphatic carbocycles. The highest BCUT2D eigenvalue weighted by Gasteiger charge is 2.23. The van der Waals surface area contributed by atoms with Crippen molar-refractivity contribution in [1.82, 2.24) is 28.2 Å². The van der Waals surface area contributed by atoms with Crippen LogP contribution in [-0.2, 0) is 39.1 Å². The van der Waals surface area contributed by atoms with Gasteiger partial charge < -0.3 is 37.4 Å². The summed E-state index contributed by atoms with van der Waals surface area (Å²) in [6.45, 7) is 5.46. The van der Waals surface area contributed by atoms with Gasteiger partial charge in [-0.15, -0.1) is 0 Å². The molecule has 91 heavy (non-hydrogen) atoms. The normalized spacial score (nSPS) is 11.6. The van der Waals surface area contributed by atoms with Gasteiger partial charge in [0.1, 0.15) is 51.9 Å². The van der Waals surface area contributed by atoms with Gasteiger partial charge in [0.25, 0.3) is 0 Å². The Labute approximate surface area is 529 Å². The molecule has 0 fully saturated rings. The number of rotatable bonds is 22. The van der Waals surface area contributed by atoms with Crippen LogP contribution >= 0.6 is 11.6 Å². The first-order valence-corrected chi connectivity index (χ1v) is 30.4. The van der Waals surface area contributed by atoms with Crippen LogP contribution in [0.1, 0.15) is 41.5 Å². The van der Waals surface area contributed by atoms with Gasteiger partial charge in [-0.1, -0.05) is 90.5 Å². The summed E-state index contributed by atoms with van der Waals surface area (Å²) < 4.78 is 68.0. The van der Waals surface area contributed by atoms with E-state index in [0.717, 1.165) is 77.1 Å². The lowest BCUT2D eigenvalue weighted by Crippen LogP contribution is -2.41. The molecule has 13 rings (SSSR count). The average Bonchev–Trinajstić information content (AvgIpc) is 1.73. The van der Waals surface area contributed by atoms with Crippen molar-refractivity contribution in [1.29, 1.82) is 16.2 Å². The monoisotopic (exact) mass is 1240 g/mol. The smallest absolute Gasteiger partial charge is 0.327 e. The number of hydrogen-bond donors (Lipinski definition) is 3. The van der Waals surface area contributed by atoms with Gasteiger partial charge >= 0.3 is 5.82 Å². The minimum atomic E-state index is -0.282. The molecule has 0 amide bonds. The van der Waals surface area contributed by atoms with Gasteiger partial charge in [0.05, 0.1) is 55.0 Å². The van der Waals surface area contributed by atoms with Crippen molar-refractivity contribution in [2.75, 3.05) is 31.3 Å². The van der Waals surface area contributed by atoms with Crippen molar-refractivity contribution >= 4 is 45.2 Å². The third-order valence-electron chi connectivity index (χ3n) is 15.3. The summed E-state index contributed by atoms with van der Waals surface area (Å²) in [6.07, 6.45) is 14.7. The number of imidazole rings is 2. The van der Waals surface area contributed by atoms with Crippen molar-refractivity contribution in [2.24, 2.45) is 0 Å². The number of pyridine rings is 2. The van der Waals surface area contributed by atoms with Crippen LogP contribution in [0.15, 0.2) is 237 Å². The van der Waals surface area contributed by atoms with Gasteiger partial charge in [0.2, 0.25) is 23.6 Å². The molecule has 15 nitrogen and oxygen atoms in total. The zero-order valence-corrected chi connectivity index (χ0v) is 50.7. The molecule has 0 radical (unpaired) electrons. The fourth-order valence-electron chi connectivity index (χ4n) is 10.8. The molecular formula is C72H68ClF3N12O3+2. The molecule has 5 aromatic heterocycles. The maximum Gasteiger partial charge on any atom is 0.327 e. The summed E-state index contributed by atoms with van der Waals surface area (Å²) in [7, 11) is 0. The van der Waals surface area contributed by atoms with E-state index < -0.39 is 0 Å². The van der Waals surface area contributed by atoms with Crippen molar-refractivity contribution in [3.63, 3.8) is 0 Å². The molecule has 0 saturated heterocycles. The summed E-state index contributed by atoms with van der Waals surface area (Å²) >= 11 is 5.88. The number of anilines is 1. The Bertz CT molecular complexity index is 4470. The Hall–Kier alpha value is -10.6. The number of ether oxygens (including phenoxy) is 3. The minimum absolute atomic E-state index is 0.260. The first kappa shape index (κ1) is 62.0. The van der Waals surface area contributed by atoms with Crippen molar-refractivity contribution in [2.45, 2.75) is 58.4 Å². The first-order valence-electron chi connectivity index (χ1n) is 30.0. The second-order valence-electron chi connectivity index (χ2n) is 21.6. The molecular weight excluding hydrogens is 1170 g/mol. The zero-order valence-electron chi connectivity index (χ0n) is 50.0. The summed E-state index contributed by atoms with van der Waals surface area (Å²) in [6, 6.07) is 60.4. The van der Waals surface area contributed by atoms with Crippen LogP contribution in [0.25, 0.3) is 27.9 Å². The molecule has 19 heteroatoms. The van der Waals surface area contributed by atoms with Crippen LogP contribution in [0.5, 0.6) is 17.2 Å². The number of para-hydroxylation sites is 5. The van der Waals surface area contributed by atoms with E-state index in [1.807, 2.05) is 138 Å². The van der Waals surface area contributed by atoms with Gasteiger partial charge in [-0.3, -0.25) is 16.2 Å². The van der Waals surface area contributed by atoms with E-state index in [9.17, 15) is 13.2 Å². The summed E-state index contributed by atoms with van der Waals surface area (Å²) in [5.41, 5.74) is 10.4. The Morgan fingerprint density at radius 3 is 1.35 bits per heavy atom. The first-order chi connectivity index (χ1) is 44.5. The molecule has 1 aliphatic heterocycles. The second-order valence-corrected chi connectivity index (χ2v) is 22.0. The highest BCUT2D eigenvalue weighted by molar-refractivity contribution is 6.29. The third-order valence-corrected chi connectivity index (χ3v) is 15.6. The molecule has 0 unspecified atom stereocenters. The molecule has 0 bridgehead atoms. The summed E-state index contributed by atoms with van der Waals surface area (Å²) in [5, 5.41) is 26.1. The van der Waals surface area contributed by atoms with Gasteiger partial charge in [-0.25, -0.2) is 18.2 Å². The fourth-order valence-corrected chi connectivity index (χ4v) is 10.9. The Balaban J connectivity index is 0.000000149. The van der Waals surface area contributed by atoms with Crippen LogP contribution in [0, 0.1) is 33.7 Å². The topological polar surface area (TPSA) is 156 Å². The molecule has 6 heterocycles. The number of hydrogen-bond acceptors (Lipinski definition) is 8. The van der Waals surface area contributed by atoms with Crippen LogP contribution in [0.2, 0.25) is 5.15 Å². The molecule has 3 N–H and O–H groups in total. The Morgan fingerprint density at radius 1 is 0.440 bits per heavy atom. The maximum atomic E-state index is 13.1. The Kier molecular flexibility index (Phi) is 20.5. The number of fused-ring (bicyclic) bond motifs is 3. The van der Waals surface area contributed by atoms with Crippen LogP contribution in [0.3, 0.4) is 0 Å². The molecule has 7 aromatic carbocycles. The fraction of sp³-hybridized carbons (Fsp3) is 0.181. The quantitative estimate of drug-likeness (QED) is 0.0349. The van der Waals surface area contributed by atoms with E-state index in [2.05, 4.69) is 52.0 Å². The lowest BCUT2D eigenvalue weighted by atomic mass is 10.2. The van der Waals surface area contributed by atoms with E-state index in [1.54, 1.807) is 48.7 Å². The number of amidine groups is 1. The van der Waals surface area contributed by atoms with Crippen molar-refractivity contribution in [3.05, 3.63) is 293 Å². The molecule has 12 aromatic rings. The third kappa shape index (κ3) is 16.2. The lowest BCUT2D eigenvalue weighted by molar-refractivity contribution is -0.715. The van der Waals surface area contributed by atoms with Gasteiger partial charge in [0.15, 0.2) is 18.9 Å². The number of nitrogens with zero attached hydrogens (tertiary/aromatic N) is 9. The second kappa shape index (κ2) is 30.1. The summed E-state index contributed by atoms with van der Waals surface area (Å²) in [4.78, 5) is 10.9. The van der Waals surface area contributed by atoms with Crippen molar-refractivity contribution in [3.8, 4) is 23.1 Å². The van der Waals surface area contributed by atoms with E-state index in [1.165, 1.54) is 47.5 Å². The number of nitrogens with one attached hydrogen (secondary N) is 3. The molecule has 0 spiro atoms. The SMILES string of the molecule is N=C1Cc2ccccc2N1CCCOc1ccc(F)cc1.N=c1n(CCCOc2ccc(F)cc2)c2ccccc2n1Cc1ccc(-[n+]2cc[n+](Cc3ccccc3)cc2)nc1.N=c1n(CCCOc2ccc(F)cc2)c2ccccc2n1Cc1ccc(Cl)nc1. The van der Waals surface area contributed by atoms with E-state index >= 15 is 0 Å². The van der Waals surface area contributed by atoms with Crippen molar-refractivity contribution < 1.29 is 36.5 Å². The maximum absolute atomic E-state index is 13.1. The van der Waals surface area contributed by atoms with E-state index in [0.29, 0.717) is 91.9 Å². The molecule has 1 aliphatic rings. The van der Waals surface area contributed by atoms with E-state index in [4.69, 9.17) is 47.0 Å². The molecule has 460 valence electrons. The highest BCUT2D eigenvalue weighted by atomic mass is 35.5. The van der Waals surface area contributed by atoms with Crippen LogP contribution in [0.4, 0.5) is 18.9 Å². The largest absolute Gasteiger partial charge is 0.494 e. The number of aromatic nitrogens is 8. The number of aryl methyl sites for hydroxylation is 2. The van der Waals surface area contributed by atoms with Gasteiger partial charge in [-0.2, -0.15) is 9.13 Å². The zero-order chi connectivity index (χ0) is 62.9. The average molecular weight is 1240 g/mol.